The van der Waals surface area contributed by atoms with E-state index in [-0.39, 0.29) is 5.78 Å². The summed E-state index contributed by atoms with van der Waals surface area (Å²) >= 11 is 1.72. The normalized spacial score (nSPS) is 22.3. The minimum atomic E-state index is 0.243. The Bertz CT molecular complexity index is 785. The summed E-state index contributed by atoms with van der Waals surface area (Å²) in [6, 6.07) is 18.4. The van der Waals surface area contributed by atoms with Crippen molar-refractivity contribution in [2.45, 2.75) is 29.1 Å². The van der Waals surface area contributed by atoms with Crippen LogP contribution >= 0.6 is 11.8 Å². The number of benzene rings is 2. The number of fused-ring (bicyclic) bond motifs is 1. The number of aliphatic imine (C=N–C) groups is 1. The van der Waals surface area contributed by atoms with Gasteiger partial charge in [-0.25, -0.2) is 4.99 Å². The van der Waals surface area contributed by atoms with Gasteiger partial charge >= 0.3 is 0 Å². The lowest BCUT2D eigenvalue weighted by molar-refractivity contribution is -0.828. The van der Waals surface area contributed by atoms with Gasteiger partial charge in [-0.1, -0.05) is 42.1 Å². The molecule has 2 aromatic rings. The van der Waals surface area contributed by atoms with Crippen LogP contribution in [-0.2, 0) is 0 Å². The Morgan fingerprint density at radius 1 is 0.960 bits per heavy atom. The van der Waals surface area contributed by atoms with E-state index in [0.717, 1.165) is 47.4 Å². The monoisotopic (exact) mass is 351 g/mol. The first-order chi connectivity index (χ1) is 12.3. The second-order valence-corrected chi connectivity index (χ2v) is 8.02. The maximum Gasteiger partial charge on any atom is 0.217 e. The largest absolute Gasteiger partial charge is 0.288 e. The molecule has 128 valence electrons. The smallest absolute Gasteiger partial charge is 0.217 e. The van der Waals surface area contributed by atoms with Gasteiger partial charge in [-0.05, 0) is 24.3 Å². The van der Waals surface area contributed by atoms with Crippen LogP contribution < -0.4 is 0 Å². The maximum absolute atomic E-state index is 12.8. The summed E-state index contributed by atoms with van der Waals surface area (Å²) in [5.41, 5.74) is 0.821. The van der Waals surface area contributed by atoms with Gasteiger partial charge in [-0.3, -0.25) is 9.28 Å². The Kier molecular flexibility index (Phi) is 4.73. The van der Waals surface area contributed by atoms with Crippen molar-refractivity contribution in [2.24, 2.45) is 4.99 Å². The van der Waals surface area contributed by atoms with Crippen LogP contribution in [0.15, 0.2) is 69.4 Å². The summed E-state index contributed by atoms with van der Waals surface area (Å²) in [4.78, 5) is 19.9. The van der Waals surface area contributed by atoms with Gasteiger partial charge in [0, 0.05) is 41.2 Å². The molecule has 0 amide bonds. The average molecular weight is 351 g/mol. The van der Waals surface area contributed by atoms with Crippen LogP contribution in [0, 0.1) is 0 Å². The van der Waals surface area contributed by atoms with E-state index >= 15 is 0 Å². The van der Waals surface area contributed by atoms with Crippen LogP contribution in [0.4, 0.5) is 0 Å². The highest BCUT2D eigenvalue weighted by Crippen LogP contribution is 2.29. The highest BCUT2D eigenvalue weighted by atomic mass is 32.2. The SMILES string of the molecule is O=C(C[N+]12CCCN=C1CCC2)c1ccc(Sc2ccccc2)cc1. The molecule has 4 rings (SSSR count). The van der Waals surface area contributed by atoms with Crippen LogP contribution in [0.5, 0.6) is 0 Å². The van der Waals surface area contributed by atoms with Crippen molar-refractivity contribution in [3.05, 3.63) is 60.2 Å². The molecule has 0 bridgehead atoms. The Hall–Kier alpha value is -1.91. The molecule has 2 aromatic carbocycles. The molecule has 2 heterocycles. The van der Waals surface area contributed by atoms with Gasteiger partial charge in [0.1, 0.15) is 6.54 Å². The lowest BCUT2D eigenvalue weighted by atomic mass is 10.1. The van der Waals surface area contributed by atoms with E-state index in [1.165, 1.54) is 17.2 Å². The fraction of sp³-hybridized carbons (Fsp3) is 0.333. The number of carbonyl (C=O) groups excluding carboxylic acids is 1. The van der Waals surface area contributed by atoms with Crippen LogP contribution in [0.25, 0.3) is 0 Å². The Balaban J connectivity index is 1.46. The molecule has 2 aliphatic heterocycles. The fourth-order valence-corrected chi connectivity index (χ4v) is 4.74. The molecule has 0 aliphatic carbocycles. The zero-order chi connectivity index (χ0) is 17.1. The van der Waals surface area contributed by atoms with E-state index < -0.39 is 0 Å². The number of hydrogen-bond acceptors (Lipinski definition) is 3. The van der Waals surface area contributed by atoms with Gasteiger partial charge in [0.05, 0.1) is 13.1 Å². The predicted octanol–water partition coefficient (Wildman–Crippen LogP) is 4.43. The van der Waals surface area contributed by atoms with E-state index in [4.69, 9.17) is 4.99 Å². The Labute approximate surface area is 153 Å². The molecule has 25 heavy (non-hydrogen) atoms. The minimum Gasteiger partial charge on any atom is -0.288 e. The number of quaternary nitrogens is 1. The van der Waals surface area contributed by atoms with Crippen LogP contribution in [0.3, 0.4) is 0 Å². The van der Waals surface area contributed by atoms with Gasteiger partial charge < -0.3 is 0 Å². The first-order valence-corrected chi connectivity index (χ1v) is 9.83. The van der Waals surface area contributed by atoms with Crippen molar-refractivity contribution >= 4 is 23.4 Å². The van der Waals surface area contributed by atoms with Crippen LogP contribution in [0.2, 0.25) is 0 Å². The summed E-state index contributed by atoms with van der Waals surface area (Å²) in [5.74, 6) is 1.50. The zero-order valence-corrected chi connectivity index (χ0v) is 15.2. The summed E-state index contributed by atoms with van der Waals surface area (Å²) in [7, 11) is 0. The third-order valence-corrected chi connectivity index (χ3v) is 6.19. The topological polar surface area (TPSA) is 29.4 Å². The molecule has 0 spiro atoms. The quantitative estimate of drug-likeness (QED) is 0.589. The fourth-order valence-electron chi connectivity index (χ4n) is 3.91. The molecule has 0 saturated carbocycles. The van der Waals surface area contributed by atoms with E-state index in [9.17, 15) is 4.79 Å². The summed E-state index contributed by atoms with van der Waals surface area (Å²) in [5, 5.41) is 0. The Morgan fingerprint density at radius 2 is 1.68 bits per heavy atom. The van der Waals surface area contributed by atoms with E-state index in [1.807, 2.05) is 30.3 Å². The van der Waals surface area contributed by atoms with E-state index in [0.29, 0.717) is 6.54 Å². The molecule has 0 aromatic heterocycles. The first-order valence-electron chi connectivity index (χ1n) is 9.01. The standard InChI is InChI=1S/C21H23N2OS/c24-20(16-23-14-4-8-21(23)22-13-5-15-23)17-9-11-19(12-10-17)25-18-6-2-1-3-7-18/h1-3,6-7,9-12H,4-5,8,13-16H2/q+1. The number of Topliss-reactive ketones (excluding diaryl/α,β-unsaturated/α-hetero) is 1. The van der Waals surface area contributed by atoms with Gasteiger partial charge in [0.15, 0.2) is 5.84 Å². The van der Waals surface area contributed by atoms with Crippen molar-refractivity contribution in [2.75, 3.05) is 26.2 Å². The van der Waals surface area contributed by atoms with Crippen molar-refractivity contribution in [3.8, 4) is 0 Å². The lowest BCUT2D eigenvalue weighted by Gasteiger charge is -2.35. The molecule has 1 saturated heterocycles. The molecule has 0 N–H and O–H groups in total. The molecule has 4 heteroatoms. The van der Waals surface area contributed by atoms with E-state index in [1.54, 1.807) is 11.8 Å². The van der Waals surface area contributed by atoms with Crippen molar-refractivity contribution in [3.63, 3.8) is 0 Å². The molecule has 1 unspecified atom stereocenters. The molecule has 0 radical (unpaired) electrons. The first kappa shape index (κ1) is 16.6. The number of carbonyl (C=O) groups is 1. The number of rotatable bonds is 5. The van der Waals surface area contributed by atoms with Crippen molar-refractivity contribution in [1.82, 2.24) is 0 Å². The van der Waals surface area contributed by atoms with Gasteiger partial charge in [-0.15, -0.1) is 0 Å². The number of nitrogens with zero attached hydrogens (tertiary/aromatic N) is 2. The van der Waals surface area contributed by atoms with Crippen molar-refractivity contribution in [1.29, 1.82) is 0 Å². The molecule has 1 atom stereocenters. The zero-order valence-electron chi connectivity index (χ0n) is 14.4. The molecule has 3 nitrogen and oxygen atoms in total. The van der Waals surface area contributed by atoms with Crippen molar-refractivity contribution < 1.29 is 9.28 Å². The third-order valence-electron chi connectivity index (χ3n) is 5.17. The van der Waals surface area contributed by atoms with Gasteiger partial charge in [0.25, 0.3) is 0 Å². The maximum atomic E-state index is 12.8. The second-order valence-electron chi connectivity index (χ2n) is 6.87. The average Bonchev–Trinajstić information content (AvgIpc) is 3.06. The molecule has 2 aliphatic rings. The van der Waals surface area contributed by atoms with Crippen LogP contribution in [-0.4, -0.2) is 42.3 Å². The Morgan fingerprint density at radius 3 is 2.48 bits per heavy atom. The van der Waals surface area contributed by atoms with Gasteiger partial charge in [0.2, 0.25) is 5.78 Å². The molecular formula is C21H23N2OS+. The minimum absolute atomic E-state index is 0.243. The molecular weight excluding hydrogens is 328 g/mol. The highest BCUT2D eigenvalue weighted by Gasteiger charge is 2.42. The lowest BCUT2D eigenvalue weighted by Crippen LogP contribution is -2.54. The van der Waals surface area contributed by atoms with Gasteiger partial charge in [-0.2, -0.15) is 0 Å². The summed E-state index contributed by atoms with van der Waals surface area (Å²) < 4.78 is 0.819. The second kappa shape index (κ2) is 7.14. The molecule has 1 fully saturated rings. The van der Waals surface area contributed by atoms with Crippen LogP contribution in [0.1, 0.15) is 29.6 Å². The summed E-state index contributed by atoms with van der Waals surface area (Å²) in [6.07, 6.45) is 3.34. The highest BCUT2D eigenvalue weighted by molar-refractivity contribution is 7.99. The summed E-state index contributed by atoms with van der Waals surface area (Å²) in [6.45, 7) is 3.66. The third kappa shape index (κ3) is 3.55. The predicted molar refractivity (Wildman–Crippen MR) is 102 cm³/mol. The van der Waals surface area contributed by atoms with E-state index in [2.05, 4.69) is 24.3 Å². The number of amidine groups is 1. The number of hydrogen-bond donors (Lipinski definition) is 0. The number of ketones is 1.